The van der Waals surface area contributed by atoms with E-state index in [0.29, 0.717) is 22.1 Å². The van der Waals surface area contributed by atoms with Gasteiger partial charge in [-0.25, -0.2) is 9.18 Å². The summed E-state index contributed by atoms with van der Waals surface area (Å²) in [5.74, 6) is -1.50. The highest BCUT2D eigenvalue weighted by molar-refractivity contribution is 6.05. The Morgan fingerprint density at radius 2 is 1.78 bits per heavy atom. The first kappa shape index (κ1) is 16.6. The summed E-state index contributed by atoms with van der Waals surface area (Å²) < 4.78 is 19.3. The Morgan fingerprint density at radius 3 is 2.52 bits per heavy atom. The van der Waals surface area contributed by atoms with E-state index in [2.05, 4.69) is 5.18 Å². The Kier molecular flexibility index (Phi) is 3.77. The molecule has 1 aliphatic carbocycles. The van der Waals surface area contributed by atoms with Gasteiger partial charge in [-0.1, -0.05) is 6.07 Å². The van der Waals surface area contributed by atoms with Gasteiger partial charge in [0.1, 0.15) is 22.8 Å². The number of fused-ring (bicyclic) bond motifs is 2. The van der Waals surface area contributed by atoms with Crippen molar-refractivity contribution in [1.82, 2.24) is 0 Å². The smallest absolute Gasteiger partial charge is 0.335 e. The zero-order valence-electron chi connectivity index (χ0n) is 13.6. The second-order valence-corrected chi connectivity index (χ2v) is 5.90. The molecule has 0 amide bonds. The van der Waals surface area contributed by atoms with Crippen LogP contribution in [0.15, 0.2) is 69.0 Å². The van der Waals surface area contributed by atoms with Gasteiger partial charge in [-0.3, -0.25) is 4.79 Å². The molecule has 0 saturated heterocycles. The van der Waals surface area contributed by atoms with Crippen molar-refractivity contribution in [3.05, 3.63) is 81.1 Å². The average molecular weight is 363 g/mol. The van der Waals surface area contributed by atoms with Gasteiger partial charge in [0.15, 0.2) is 5.43 Å². The number of hydrogen-bond donors (Lipinski definition) is 1. The third kappa shape index (κ3) is 2.75. The highest BCUT2D eigenvalue weighted by Crippen LogP contribution is 2.43. The molecule has 0 spiro atoms. The van der Waals surface area contributed by atoms with E-state index in [4.69, 9.17) is 9.52 Å². The molecular formula is C20H10FNO5. The van der Waals surface area contributed by atoms with Crippen LogP contribution in [-0.2, 0) is 0 Å². The number of aromatic carboxylic acids is 1. The van der Waals surface area contributed by atoms with E-state index in [1.807, 2.05) is 0 Å². The van der Waals surface area contributed by atoms with Crippen LogP contribution in [0.2, 0.25) is 0 Å². The van der Waals surface area contributed by atoms with Crippen LogP contribution in [0, 0.1) is 10.7 Å². The third-order valence-electron chi connectivity index (χ3n) is 4.27. The van der Waals surface area contributed by atoms with Gasteiger partial charge in [0, 0.05) is 34.2 Å². The maximum atomic E-state index is 13.7. The van der Waals surface area contributed by atoms with Crippen LogP contribution in [0.3, 0.4) is 0 Å². The Bertz CT molecular complexity index is 1260. The van der Waals surface area contributed by atoms with Crippen molar-refractivity contribution in [2.45, 2.75) is 0 Å². The van der Waals surface area contributed by atoms with E-state index in [1.165, 1.54) is 42.5 Å². The Balaban J connectivity index is 2.16. The molecule has 7 heteroatoms. The van der Waals surface area contributed by atoms with Crippen LogP contribution >= 0.6 is 0 Å². The van der Waals surface area contributed by atoms with E-state index in [9.17, 15) is 18.9 Å². The van der Waals surface area contributed by atoms with Crippen molar-refractivity contribution in [2.24, 2.45) is 5.18 Å². The van der Waals surface area contributed by atoms with Gasteiger partial charge in [-0.2, -0.15) is 0 Å². The van der Waals surface area contributed by atoms with Crippen LogP contribution in [-0.4, -0.2) is 11.1 Å². The summed E-state index contributed by atoms with van der Waals surface area (Å²) in [6.07, 6.45) is 0. The molecule has 0 saturated carbocycles. The van der Waals surface area contributed by atoms with Crippen LogP contribution in [0.5, 0.6) is 0 Å². The lowest BCUT2D eigenvalue weighted by atomic mass is 9.92. The molecule has 132 valence electrons. The lowest BCUT2D eigenvalue weighted by Crippen LogP contribution is -2.00. The summed E-state index contributed by atoms with van der Waals surface area (Å²) in [4.78, 5) is 34.3. The van der Waals surface area contributed by atoms with E-state index < -0.39 is 11.8 Å². The predicted molar refractivity (Wildman–Crippen MR) is 96.9 cm³/mol. The molecule has 6 nitrogen and oxygen atoms in total. The summed E-state index contributed by atoms with van der Waals surface area (Å²) in [6, 6.07) is 12.0. The third-order valence-corrected chi connectivity index (χ3v) is 4.27. The zero-order valence-corrected chi connectivity index (χ0v) is 13.6. The molecule has 0 atom stereocenters. The molecular weight excluding hydrogens is 353 g/mol. The van der Waals surface area contributed by atoms with E-state index >= 15 is 0 Å². The molecule has 1 aliphatic heterocycles. The van der Waals surface area contributed by atoms with Gasteiger partial charge in [-0.15, -0.1) is 4.91 Å². The van der Waals surface area contributed by atoms with Crippen molar-refractivity contribution in [2.75, 3.05) is 0 Å². The largest absolute Gasteiger partial charge is 0.478 e. The van der Waals surface area contributed by atoms with Crippen LogP contribution in [0.25, 0.3) is 33.4 Å². The minimum absolute atomic E-state index is 0.0841. The number of carbonyl (C=O) groups is 1. The van der Waals surface area contributed by atoms with E-state index in [-0.39, 0.29) is 28.0 Å². The standard InChI is InChI=1S/C20H10FNO5/c21-11-2-5-14-17(8-11)27-18-9-12(23)3-6-15(18)19(14)13-4-1-10(20(24)25)7-16(13)22-26/h1-9H,(H,24,25). The molecule has 0 fully saturated rings. The number of carboxylic acids is 1. The minimum Gasteiger partial charge on any atom is -0.478 e. The molecule has 0 unspecified atom stereocenters. The van der Waals surface area contributed by atoms with Crippen molar-refractivity contribution < 1.29 is 18.7 Å². The highest BCUT2D eigenvalue weighted by Gasteiger charge is 2.21. The number of nitrogens with zero attached hydrogens (tertiary/aromatic N) is 1. The number of benzene rings is 3. The molecule has 1 N–H and O–H groups in total. The minimum atomic E-state index is -1.19. The van der Waals surface area contributed by atoms with Gasteiger partial charge >= 0.3 is 5.97 Å². The van der Waals surface area contributed by atoms with Crippen LogP contribution in [0.1, 0.15) is 10.4 Å². The fraction of sp³-hybridized carbons (Fsp3) is 0. The molecule has 2 aromatic carbocycles. The number of hydrogen-bond acceptors (Lipinski definition) is 5. The van der Waals surface area contributed by atoms with Crippen molar-refractivity contribution in [1.29, 1.82) is 0 Å². The van der Waals surface area contributed by atoms with E-state index in [0.717, 1.165) is 6.07 Å². The van der Waals surface area contributed by atoms with Gasteiger partial charge in [0.25, 0.3) is 0 Å². The summed E-state index contributed by atoms with van der Waals surface area (Å²) in [5.41, 5.74) is 1.09. The van der Waals surface area contributed by atoms with Crippen LogP contribution < -0.4 is 5.43 Å². The average Bonchev–Trinajstić information content (AvgIpc) is 2.65. The summed E-state index contributed by atoms with van der Waals surface area (Å²) >= 11 is 0. The number of nitroso groups, excluding NO2 is 1. The summed E-state index contributed by atoms with van der Waals surface area (Å²) in [7, 11) is 0. The fourth-order valence-corrected chi connectivity index (χ4v) is 3.09. The monoisotopic (exact) mass is 363 g/mol. The van der Waals surface area contributed by atoms with Gasteiger partial charge in [-0.05, 0) is 41.6 Å². The topological polar surface area (TPSA) is 96.9 Å². The van der Waals surface area contributed by atoms with Crippen molar-refractivity contribution >= 4 is 22.6 Å². The first-order valence-electron chi connectivity index (χ1n) is 7.85. The Labute approximate surface area is 150 Å². The van der Waals surface area contributed by atoms with Gasteiger partial charge in [0.2, 0.25) is 0 Å². The maximum absolute atomic E-state index is 13.7. The molecule has 0 bridgehead atoms. The predicted octanol–water partition coefficient (Wildman–Crippen LogP) is 4.80. The number of halogens is 1. The summed E-state index contributed by atoms with van der Waals surface area (Å²) in [6.45, 7) is 0. The molecule has 2 aliphatic rings. The number of rotatable bonds is 3. The van der Waals surface area contributed by atoms with Crippen molar-refractivity contribution in [3.8, 4) is 22.5 Å². The molecule has 4 rings (SSSR count). The second kappa shape index (κ2) is 6.14. The normalized spacial score (nSPS) is 11.0. The maximum Gasteiger partial charge on any atom is 0.335 e. The van der Waals surface area contributed by atoms with E-state index in [1.54, 1.807) is 6.07 Å². The van der Waals surface area contributed by atoms with Gasteiger partial charge < -0.3 is 9.52 Å². The first-order valence-corrected chi connectivity index (χ1v) is 7.85. The quantitative estimate of drug-likeness (QED) is 0.416. The first-order chi connectivity index (χ1) is 13.0. The second-order valence-electron chi connectivity index (χ2n) is 5.90. The lowest BCUT2D eigenvalue weighted by molar-refractivity contribution is 0.0697. The summed E-state index contributed by atoms with van der Waals surface area (Å²) in [5, 5.41) is 12.6. The zero-order chi connectivity index (χ0) is 19.1. The molecule has 2 aromatic rings. The highest BCUT2D eigenvalue weighted by atomic mass is 19.1. The lowest BCUT2D eigenvalue weighted by Gasteiger charge is -2.16. The molecule has 27 heavy (non-hydrogen) atoms. The molecule has 0 aromatic heterocycles. The molecule has 1 heterocycles. The molecule has 0 radical (unpaired) electrons. The van der Waals surface area contributed by atoms with Crippen molar-refractivity contribution in [3.63, 3.8) is 0 Å². The fourth-order valence-electron chi connectivity index (χ4n) is 3.09. The van der Waals surface area contributed by atoms with Crippen LogP contribution in [0.4, 0.5) is 10.1 Å². The SMILES string of the molecule is O=Nc1cc(C(=O)O)ccc1-c1c2ccc(=O)cc-2oc2cc(F)ccc12. The Hall–Kier alpha value is -3.87. The number of carboxylic acid groups (broad SMARTS) is 1. The Morgan fingerprint density at radius 1 is 1.00 bits per heavy atom. The van der Waals surface area contributed by atoms with Gasteiger partial charge in [0.05, 0.1) is 5.56 Å².